The van der Waals surface area contributed by atoms with Crippen molar-refractivity contribution in [3.05, 3.63) is 12.2 Å². The van der Waals surface area contributed by atoms with Gasteiger partial charge in [0.25, 0.3) is 0 Å². The Labute approximate surface area is 72.5 Å². The zero-order valence-corrected chi connectivity index (χ0v) is 7.16. The molecule has 2 aliphatic carbocycles. The van der Waals surface area contributed by atoms with Gasteiger partial charge < -0.3 is 9.47 Å². The van der Waals surface area contributed by atoms with E-state index in [0.717, 1.165) is 19.1 Å². The van der Waals surface area contributed by atoms with E-state index < -0.39 is 0 Å². The van der Waals surface area contributed by atoms with Crippen molar-refractivity contribution in [3.63, 3.8) is 0 Å². The van der Waals surface area contributed by atoms with Crippen LogP contribution in [0, 0.1) is 11.8 Å². The van der Waals surface area contributed by atoms with Crippen molar-refractivity contribution in [2.75, 3.05) is 13.2 Å². The van der Waals surface area contributed by atoms with Gasteiger partial charge in [-0.1, -0.05) is 6.08 Å². The predicted octanol–water partition coefficient (Wildman–Crippen LogP) is 1.72. The summed E-state index contributed by atoms with van der Waals surface area (Å²) in [5.74, 6) is 1.15. The summed E-state index contributed by atoms with van der Waals surface area (Å²) in [6, 6.07) is 0. The highest BCUT2D eigenvalue weighted by Crippen LogP contribution is 2.47. The number of hydrogen-bond acceptors (Lipinski definition) is 2. The lowest BCUT2D eigenvalue weighted by Crippen LogP contribution is -2.37. The van der Waals surface area contributed by atoms with Crippen LogP contribution in [0.1, 0.15) is 19.3 Å². The fraction of sp³-hybridized carbons (Fsp3) is 0.800. The van der Waals surface area contributed by atoms with Crippen molar-refractivity contribution >= 4 is 0 Å². The molecule has 0 N–H and O–H groups in total. The zero-order valence-electron chi connectivity index (χ0n) is 7.16. The smallest absolute Gasteiger partial charge is 0.190 e. The van der Waals surface area contributed by atoms with Crippen LogP contribution in [-0.4, -0.2) is 19.0 Å². The summed E-state index contributed by atoms with van der Waals surface area (Å²) in [5.41, 5.74) is 0. The molecule has 2 heteroatoms. The summed E-state index contributed by atoms with van der Waals surface area (Å²) in [4.78, 5) is 0. The number of hydrogen-bond donors (Lipinski definition) is 0. The van der Waals surface area contributed by atoms with Crippen molar-refractivity contribution in [1.29, 1.82) is 0 Å². The fourth-order valence-corrected chi connectivity index (χ4v) is 2.74. The van der Waals surface area contributed by atoms with E-state index in [4.69, 9.17) is 9.47 Å². The first-order valence-corrected chi connectivity index (χ1v) is 4.86. The number of allylic oxidation sites excluding steroid dienone is 1. The Kier molecular flexibility index (Phi) is 1.38. The first-order chi connectivity index (χ1) is 5.89. The molecule has 3 rings (SSSR count). The van der Waals surface area contributed by atoms with Crippen LogP contribution in [0.25, 0.3) is 0 Å². The van der Waals surface area contributed by atoms with Gasteiger partial charge in [0, 0.05) is 5.92 Å². The third-order valence-corrected chi connectivity index (χ3v) is 3.38. The van der Waals surface area contributed by atoms with E-state index in [2.05, 4.69) is 12.2 Å². The second-order valence-electron chi connectivity index (χ2n) is 4.05. The van der Waals surface area contributed by atoms with Gasteiger partial charge in [-0.3, -0.25) is 0 Å². The molecule has 0 aromatic heterocycles. The average Bonchev–Trinajstić information content (AvgIpc) is 2.64. The monoisotopic (exact) mass is 166 g/mol. The van der Waals surface area contributed by atoms with E-state index >= 15 is 0 Å². The van der Waals surface area contributed by atoms with Gasteiger partial charge in [0.15, 0.2) is 5.79 Å². The normalized spacial score (nSPS) is 42.7. The van der Waals surface area contributed by atoms with Gasteiger partial charge in [-0.05, 0) is 31.3 Å². The van der Waals surface area contributed by atoms with Gasteiger partial charge >= 0.3 is 0 Å². The lowest BCUT2D eigenvalue weighted by Gasteiger charge is -2.32. The third-order valence-electron chi connectivity index (χ3n) is 3.38. The molecule has 1 aliphatic heterocycles. The Morgan fingerprint density at radius 2 is 2.00 bits per heavy atom. The lowest BCUT2D eigenvalue weighted by molar-refractivity contribution is -0.157. The van der Waals surface area contributed by atoms with Crippen LogP contribution in [0.15, 0.2) is 12.2 Å². The van der Waals surface area contributed by atoms with Gasteiger partial charge in [0.1, 0.15) is 0 Å². The first kappa shape index (κ1) is 7.10. The van der Waals surface area contributed by atoms with Gasteiger partial charge in [0.05, 0.1) is 13.2 Å². The minimum absolute atomic E-state index is 0.299. The van der Waals surface area contributed by atoms with Gasteiger partial charge in [-0.15, -0.1) is 0 Å². The Bertz CT molecular complexity index is 216. The highest BCUT2D eigenvalue weighted by Gasteiger charge is 2.47. The molecule has 0 amide bonds. The molecule has 2 fully saturated rings. The minimum atomic E-state index is -0.299. The third kappa shape index (κ3) is 0.824. The SMILES string of the molecule is C1=CC2(OCCO2)C2CCC1C2. The van der Waals surface area contributed by atoms with E-state index in [1.54, 1.807) is 0 Å². The van der Waals surface area contributed by atoms with Crippen LogP contribution in [0.5, 0.6) is 0 Å². The zero-order chi connectivity index (χ0) is 8.02. The van der Waals surface area contributed by atoms with Crippen molar-refractivity contribution in [1.82, 2.24) is 0 Å². The Hall–Kier alpha value is -0.340. The van der Waals surface area contributed by atoms with Gasteiger partial charge in [-0.2, -0.15) is 0 Å². The average molecular weight is 166 g/mol. The molecule has 2 bridgehead atoms. The van der Waals surface area contributed by atoms with Crippen LogP contribution in [0.2, 0.25) is 0 Å². The number of ether oxygens (including phenoxy) is 2. The Balaban J connectivity index is 1.94. The second kappa shape index (κ2) is 2.33. The lowest BCUT2D eigenvalue weighted by atomic mass is 9.90. The molecule has 0 aromatic carbocycles. The Morgan fingerprint density at radius 1 is 1.17 bits per heavy atom. The van der Waals surface area contributed by atoms with Crippen molar-refractivity contribution in [3.8, 4) is 0 Å². The van der Waals surface area contributed by atoms with Crippen LogP contribution in [0.3, 0.4) is 0 Å². The van der Waals surface area contributed by atoms with Crippen LogP contribution in [-0.2, 0) is 9.47 Å². The summed E-state index contributed by atoms with van der Waals surface area (Å²) >= 11 is 0. The summed E-state index contributed by atoms with van der Waals surface area (Å²) in [6.45, 7) is 1.54. The molecular weight excluding hydrogens is 152 g/mol. The summed E-state index contributed by atoms with van der Waals surface area (Å²) in [5, 5.41) is 0. The molecular formula is C10H14O2. The molecule has 1 heterocycles. The second-order valence-corrected chi connectivity index (χ2v) is 4.05. The molecule has 2 atom stereocenters. The number of rotatable bonds is 0. The van der Waals surface area contributed by atoms with Crippen LogP contribution < -0.4 is 0 Å². The highest BCUT2D eigenvalue weighted by atomic mass is 16.7. The van der Waals surface area contributed by atoms with Crippen molar-refractivity contribution < 1.29 is 9.47 Å². The maximum atomic E-state index is 5.70. The quantitative estimate of drug-likeness (QED) is 0.510. The molecule has 0 radical (unpaired) electrons. The predicted molar refractivity (Wildman–Crippen MR) is 44.6 cm³/mol. The van der Waals surface area contributed by atoms with E-state index in [1.165, 1.54) is 19.3 Å². The van der Waals surface area contributed by atoms with Crippen molar-refractivity contribution in [2.24, 2.45) is 11.8 Å². The van der Waals surface area contributed by atoms with E-state index in [1.807, 2.05) is 0 Å². The summed E-state index contributed by atoms with van der Waals surface area (Å²) in [7, 11) is 0. The van der Waals surface area contributed by atoms with Gasteiger partial charge in [-0.25, -0.2) is 0 Å². The number of fused-ring (bicyclic) bond motifs is 3. The fourth-order valence-electron chi connectivity index (χ4n) is 2.74. The van der Waals surface area contributed by atoms with E-state index in [-0.39, 0.29) is 5.79 Å². The highest BCUT2D eigenvalue weighted by molar-refractivity contribution is 5.12. The van der Waals surface area contributed by atoms with Crippen LogP contribution >= 0.6 is 0 Å². The molecule has 1 saturated heterocycles. The van der Waals surface area contributed by atoms with Gasteiger partial charge in [0.2, 0.25) is 0 Å². The molecule has 66 valence electrons. The summed E-state index contributed by atoms with van der Waals surface area (Å²) < 4.78 is 11.4. The topological polar surface area (TPSA) is 18.5 Å². The van der Waals surface area contributed by atoms with E-state index in [0.29, 0.717) is 5.92 Å². The van der Waals surface area contributed by atoms with Crippen molar-refractivity contribution in [2.45, 2.75) is 25.0 Å². The molecule has 0 aromatic rings. The minimum Gasteiger partial charge on any atom is -0.344 e. The molecule has 2 unspecified atom stereocenters. The summed E-state index contributed by atoms with van der Waals surface area (Å²) in [6.07, 6.45) is 8.32. The standard InChI is InChI=1S/C10H14O2/c1-2-9-7-8(1)3-4-10(9)11-5-6-12-10/h3-4,8-9H,1-2,5-7H2. The van der Waals surface area contributed by atoms with Crippen LogP contribution in [0.4, 0.5) is 0 Å². The molecule has 12 heavy (non-hydrogen) atoms. The molecule has 1 spiro atoms. The van der Waals surface area contributed by atoms with E-state index in [9.17, 15) is 0 Å². The maximum absolute atomic E-state index is 5.70. The largest absolute Gasteiger partial charge is 0.344 e. The molecule has 2 nitrogen and oxygen atoms in total. The maximum Gasteiger partial charge on any atom is 0.190 e. The molecule has 1 saturated carbocycles. The molecule has 3 aliphatic rings. The Morgan fingerprint density at radius 3 is 2.83 bits per heavy atom. The first-order valence-electron chi connectivity index (χ1n) is 4.86.